The minimum atomic E-state index is -1.16. The quantitative estimate of drug-likeness (QED) is 0.840. The van der Waals surface area contributed by atoms with Crippen LogP contribution in [0.2, 0.25) is 0 Å². The summed E-state index contributed by atoms with van der Waals surface area (Å²) >= 11 is 0. The molecule has 1 aromatic rings. The summed E-state index contributed by atoms with van der Waals surface area (Å²) in [6.45, 7) is 1.59. The van der Waals surface area contributed by atoms with Crippen LogP contribution >= 0.6 is 0 Å². The lowest BCUT2D eigenvalue weighted by molar-refractivity contribution is -0.144. The number of nitriles is 1. The molecule has 0 aromatic heterocycles. The van der Waals surface area contributed by atoms with Crippen LogP contribution < -0.4 is 5.32 Å². The maximum atomic E-state index is 13.1. The van der Waals surface area contributed by atoms with Crippen LogP contribution in [0.4, 0.5) is 8.78 Å². The van der Waals surface area contributed by atoms with Gasteiger partial charge in [-0.3, -0.25) is 4.79 Å². The molecular formula is C14H14F2N2O3. The molecule has 1 aromatic carbocycles. The molecule has 1 N–H and O–H groups in total. The summed E-state index contributed by atoms with van der Waals surface area (Å²) in [7, 11) is 1.15. The van der Waals surface area contributed by atoms with Gasteiger partial charge in [0.1, 0.15) is 6.04 Å². The third-order valence-corrected chi connectivity index (χ3v) is 2.91. The van der Waals surface area contributed by atoms with Crippen molar-refractivity contribution in [1.29, 1.82) is 5.26 Å². The number of nitrogens with one attached hydrogen (secondary N) is 1. The Labute approximate surface area is 120 Å². The van der Waals surface area contributed by atoms with Crippen LogP contribution in [0.25, 0.3) is 0 Å². The molecule has 0 bridgehead atoms. The SMILES string of the molecule is COC(=O)[C@H](NC(=O)c1ccc(F)c(F)c1)[C@@H](C)CC#N. The van der Waals surface area contributed by atoms with E-state index in [-0.39, 0.29) is 12.0 Å². The summed E-state index contributed by atoms with van der Waals surface area (Å²) in [5.74, 6) is -4.20. The van der Waals surface area contributed by atoms with Crippen molar-refractivity contribution in [2.45, 2.75) is 19.4 Å². The zero-order valence-corrected chi connectivity index (χ0v) is 11.5. The first-order valence-corrected chi connectivity index (χ1v) is 6.11. The lowest BCUT2D eigenvalue weighted by Crippen LogP contribution is -2.45. The Morgan fingerprint density at radius 3 is 2.57 bits per heavy atom. The van der Waals surface area contributed by atoms with Crippen molar-refractivity contribution in [2.24, 2.45) is 5.92 Å². The standard InChI is InChI=1S/C14H14F2N2O3/c1-8(5-6-17)12(14(20)21-2)18-13(19)9-3-4-10(15)11(16)7-9/h3-4,7-8,12H,5H2,1-2H3,(H,18,19)/t8-,12+/m0/s1. The van der Waals surface area contributed by atoms with E-state index >= 15 is 0 Å². The molecule has 7 heteroatoms. The first kappa shape index (κ1) is 16.6. The van der Waals surface area contributed by atoms with Gasteiger partial charge in [0.2, 0.25) is 0 Å². The molecule has 112 valence electrons. The number of rotatable bonds is 5. The molecule has 0 aliphatic rings. The van der Waals surface area contributed by atoms with Gasteiger partial charge < -0.3 is 10.1 Å². The normalized spacial score (nSPS) is 12.9. The lowest BCUT2D eigenvalue weighted by atomic mass is 9.98. The van der Waals surface area contributed by atoms with Gasteiger partial charge in [-0.05, 0) is 18.2 Å². The number of hydrogen-bond donors (Lipinski definition) is 1. The van der Waals surface area contributed by atoms with Crippen molar-refractivity contribution in [2.75, 3.05) is 7.11 Å². The molecule has 2 atom stereocenters. The van der Waals surface area contributed by atoms with Gasteiger partial charge in [0.25, 0.3) is 5.91 Å². The average molecular weight is 296 g/mol. The molecule has 5 nitrogen and oxygen atoms in total. The van der Waals surface area contributed by atoms with E-state index in [9.17, 15) is 18.4 Å². The van der Waals surface area contributed by atoms with E-state index in [1.807, 2.05) is 6.07 Å². The Bertz CT molecular complexity index is 584. The Morgan fingerprint density at radius 1 is 1.38 bits per heavy atom. The van der Waals surface area contributed by atoms with Gasteiger partial charge in [0.15, 0.2) is 11.6 Å². The van der Waals surface area contributed by atoms with Crippen LogP contribution in [0.5, 0.6) is 0 Å². The molecule has 0 aliphatic carbocycles. The fraction of sp³-hybridized carbons (Fsp3) is 0.357. The van der Waals surface area contributed by atoms with E-state index in [1.165, 1.54) is 0 Å². The fourth-order valence-electron chi connectivity index (χ4n) is 1.68. The Balaban J connectivity index is 2.92. The van der Waals surface area contributed by atoms with E-state index in [0.29, 0.717) is 0 Å². The highest BCUT2D eigenvalue weighted by Gasteiger charge is 2.28. The lowest BCUT2D eigenvalue weighted by Gasteiger charge is -2.21. The van der Waals surface area contributed by atoms with E-state index in [0.717, 1.165) is 25.3 Å². The van der Waals surface area contributed by atoms with Crippen LogP contribution in [0.3, 0.4) is 0 Å². The number of ether oxygens (including phenoxy) is 1. The molecule has 0 spiro atoms. The van der Waals surface area contributed by atoms with E-state index in [1.54, 1.807) is 6.92 Å². The molecule has 0 unspecified atom stereocenters. The van der Waals surface area contributed by atoms with Crippen molar-refractivity contribution >= 4 is 11.9 Å². The van der Waals surface area contributed by atoms with Gasteiger partial charge in [-0.1, -0.05) is 6.92 Å². The van der Waals surface area contributed by atoms with Gasteiger partial charge in [-0.25, -0.2) is 13.6 Å². The van der Waals surface area contributed by atoms with E-state index in [4.69, 9.17) is 5.26 Å². The number of methoxy groups -OCH3 is 1. The third kappa shape index (κ3) is 4.24. The highest BCUT2D eigenvalue weighted by Crippen LogP contribution is 2.12. The molecule has 0 saturated heterocycles. The van der Waals surface area contributed by atoms with Gasteiger partial charge in [0, 0.05) is 17.9 Å². The average Bonchev–Trinajstić information content (AvgIpc) is 2.46. The molecule has 21 heavy (non-hydrogen) atoms. The molecule has 0 saturated carbocycles. The molecule has 1 amide bonds. The van der Waals surface area contributed by atoms with Crippen LogP contribution in [0, 0.1) is 28.9 Å². The maximum Gasteiger partial charge on any atom is 0.328 e. The number of carbonyl (C=O) groups excluding carboxylic acids is 2. The fourth-order valence-corrected chi connectivity index (χ4v) is 1.68. The van der Waals surface area contributed by atoms with Gasteiger partial charge in [-0.2, -0.15) is 5.26 Å². The minimum absolute atomic E-state index is 0.0256. The molecular weight excluding hydrogens is 282 g/mol. The topological polar surface area (TPSA) is 79.2 Å². The first-order chi connectivity index (χ1) is 9.90. The smallest absolute Gasteiger partial charge is 0.328 e. The molecule has 0 heterocycles. The van der Waals surface area contributed by atoms with Crippen LogP contribution in [0.15, 0.2) is 18.2 Å². The molecule has 1 rings (SSSR count). The second-order valence-electron chi connectivity index (χ2n) is 4.44. The predicted molar refractivity (Wildman–Crippen MR) is 69.0 cm³/mol. The largest absolute Gasteiger partial charge is 0.467 e. The summed E-state index contributed by atoms with van der Waals surface area (Å²) in [6, 6.07) is 3.48. The number of hydrogen-bond acceptors (Lipinski definition) is 4. The van der Waals surface area contributed by atoms with Crippen molar-refractivity contribution in [3.63, 3.8) is 0 Å². The zero-order valence-electron chi connectivity index (χ0n) is 11.5. The summed E-state index contributed by atoms with van der Waals surface area (Å²) in [5, 5.41) is 11.0. The zero-order chi connectivity index (χ0) is 16.0. The van der Waals surface area contributed by atoms with Crippen molar-refractivity contribution in [1.82, 2.24) is 5.32 Å². The molecule has 0 fully saturated rings. The van der Waals surface area contributed by atoms with Gasteiger partial charge in [-0.15, -0.1) is 0 Å². The van der Waals surface area contributed by atoms with Gasteiger partial charge in [0.05, 0.1) is 13.2 Å². The van der Waals surface area contributed by atoms with E-state index < -0.39 is 35.5 Å². The summed E-state index contributed by atoms with van der Waals surface area (Å²) in [6.07, 6.45) is 0.0256. The maximum absolute atomic E-state index is 13.1. The van der Waals surface area contributed by atoms with E-state index in [2.05, 4.69) is 10.1 Å². The highest BCUT2D eigenvalue weighted by atomic mass is 19.2. The van der Waals surface area contributed by atoms with Crippen molar-refractivity contribution in [3.05, 3.63) is 35.4 Å². The number of nitrogens with zero attached hydrogens (tertiary/aromatic N) is 1. The Morgan fingerprint density at radius 2 is 2.05 bits per heavy atom. The summed E-state index contributed by atoms with van der Waals surface area (Å²) in [5.41, 5.74) is -0.132. The Hall–Kier alpha value is -2.49. The number of halogens is 2. The number of benzene rings is 1. The monoisotopic (exact) mass is 296 g/mol. The van der Waals surface area contributed by atoms with Crippen LogP contribution in [-0.2, 0) is 9.53 Å². The second-order valence-corrected chi connectivity index (χ2v) is 4.44. The second kappa shape index (κ2) is 7.33. The van der Waals surface area contributed by atoms with Crippen LogP contribution in [-0.4, -0.2) is 25.0 Å². The highest BCUT2D eigenvalue weighted by molar-refractivity contribution is 5.96. The van der Waals surface area contributed by atoms with Crippen LogP contribution in [0.1, 0.15) is 23.7 Å². The minimum Gasteiger partial charge on any atom is -0.467 e. The van der Waals surface area contributed by atoms with Gasteiger partial charge >= 0.3 is 5.97 Å². The molecule has 0 aliphatic heterocycles. The van der Waals surface area contributed by atoms with Crippen molar-refractivity contribution in [3.8, 4) is 6.07 Å². The summed E-state index contributed by atoms with van der Waals surface area (Å²) in [4.78, 5) is 23.6. The Kier molecular flexibility index (Phi) is 5.79. The number of carbonyl (C=O) groups is 2. The van der Waals surface area contributed by atoms with Crippen molar-refractivity contribution < 1.29 is 23.1 Å². The molecule has 0 radical (unpaired) electrons. The third-order valence-electron chi connectivity index (χ3n) is 2.91. The first-order valence-electron chi connectivity index (χ1n) is 6.11. The number of amides is 1. The summed E-state index contributed by atoms with van der Waals surface area (Å²) < 4.78 is 30.5. The number of esters is 1. The predicted octanol–water partition coefficient (Wildman–Crippen LogP) is 1.79.